The minimum atomic E-state index is -4.66. The van der Waals surface area contributed by atoms with E-state index in [1.165, 1.54) is 6.92 Å². The highest BCUT2D eigenvalue weighted by Crippen LogP contribution is 2.30. The summed E-state index contributed by atoms with van der Waals surface area (Å²) in [5.74, 6) is -3.28. The molecule has 0 radical (unpaired) electrons. The summed E-state index contributed by atoms with van der Waals surface area (Å²) in [6.45, 7) is 26.2. The first-order chi connectivity index (χ1) is 17.9. The van der Waals surface area contributed by atoms with E-state index < -0.39 is 84.3 Å². The van der Waals surface area contributed by atoms with Crippen LogP contribution in [0.4, 0.5) is 0 Å². The minimum Gasteiger partial charge on any atom is -0.475 e. The summed E-state index contributed by atoms with van der Waals surface area (Å²) < 4.78 is 58.7. The fourth-order valence-corrected chi connectivity index (χ4v) is 34.3. The van der Waals surface area contributed by atoms with Gasteiger partial charge in [0.25, 0.3) is 23.9 Å². The van der Waals surface area contributed by atoms with Gasteiger partial charge in [0.05, 0.1) is 0 Å². The van der Waals surface area contributed by atoms with E-state index in [9.17, 15) is 19.2 Å². The molecule has 0 bridgehead atoms. The second-order valence-corrected chi connectivity index (χ2v) is 35.9. The molecule has 0 aliphatic rings. The van der Waals surface area contributed by atoms with Gasteiger partial charge in [-0.2, -0.15) is 0 Å². The number of rotatable bonds is 16. The lowest BCUT2D eigenvalue weighted by Gasteiger charge is -2.42. The highest BCUT2D eigenvalue weighted by atomic mass is 28.5. The van der Waals surface area contributed by atoms with Crippen molar-refractivity contribution in [3.8, 4) is 0 Å². The molecule has 21 heteroatoms. The summed E-state index contributed by atoms with van der Waals surface area (Å²) in [4.78, 5) is 47.6. The minimum absolute atomic E-state index is 0.609. The van der Waals surface area contributed by atoms with E-state index in [1.807, 2.05) is 26.2 Å². The van der Waals surface area contributed by atoms with Crippen LogP contribution in [-0.4, -0.2) is 84.3 Å². The first kappa shape index (κ1) is 40.2. The van der Waals surface area contributed by atoms with Crippen LogP contribution in [0.2, 0.25) is 78.6 Å². The van der Waals surface area contributed by atoms with E-state index in [-0.39, 0.29) is 0 Å². The Labute approximate surface area is 251 Å². The predicted octanol–water partition coefficient (Wildman–Crippen LogP) is 3.98. The molecule has 0 fully saturated rings. The average Bonchev–Trinajstić information content (AvgIpc) is 2.50. The standard InChI is InChI=1S/C20H48O14Si7/c1-17(21)25-40(16,32-37(10,11)30-36(8,9)29-35(5,6)7)33-38(12,13)31-39(14,15)34-41(26-18(2)22,27-19(3)23)28-20(4)24/h1-16H3. The molecule has 0 saturated carbocycles. The molecule has 1 unspecified atom stereocenters. The molecule has 0 N–H and O–H groups in total. The van der Waals surface area contributed by atoms with Gasteiger partial charge in [0.1, 0.15) is 0 Å². The number of carbonyl (C=O) groups is 4. The fourth-order valence-electron chi connectivity index (χ4n) is 4.18. The third-order valence-corrected chi connectivity index (χ3v) is 28.3. The maximum atomic E-state index is 12.1. The maximum Gasteiger partial charge on any atom is 0.890 e. The van der Waals surface area contributed by atoms with Crippen LogP contribution >= 0.6 is 0 Å². The molecule has 0 aromatic rings. The zero-order valence-electron chi connectivity index (χ0n) is 27.2. The van der Waals surface area contributed by atoms with E-state index in [4.69, 9.17) is 42.4 Å². The van der Waals surface area contributed by atoms with Crippen molar-refractivity contribution in [2.75, 3.05) is 0 Å². The highest BCUT2D eigenvalue weighted by molar-refractivity contribution is 6.90. The van der Waals surface area contributed by atoms with Gasteiger partial charge in [-0.25, -0.2) is 0 Å². The van der Waals surface area contributed by atoms with Crippen LogP contribution in [0.1, 0.15) is 27.7 Å². The molecule has 0 aliphatic heterocycles. The molecule has 41 heavy (non-hydrogen) atoms. The van der Waals surface area contributed by atoms with Crippen LogP contribution in [0.3, 0.4) is 0 Å². The Balaban J connectivity index is 6.16. The van der Waals surface area contributed by atoms with Crippen molar-refractivity contribution in [2.45, 2.75) is 106 Å². The zero-order valence-corrected chi connectivity index (χ0v) is 34.2. The van der Waals surface area contributed by atoms with Gasteiger partial charge in [-0.3, -0.25) is 19.2 Å². The lowest BCUT2D eigenvalue weighted by molar-refractivity contribution is -0.153. The van der Waals surface area contributed by atoms with Crippen LogP contribution < -0.4 is 0 Å². The summed E-state index contributed by atoms with van der Waals surface area (Å²) in [6, 6.07) is 0. The van der Waals surface area contributed by atoms with Crippen molar-refractivity contribution in [1.82, 2.24) is 0 Å². The van der Waals surface area contributed by atoms with Gasteiger partial charge < -0.3 is 42.4 Å². The maximum absolute atomic E-state index is 12.1. The Morgan fingerprint density at radius 2 is 0.634 bits per heavy atom. The Bertz CT molecular complexity index is 926. The first-order valence-corrected chi connectivity index (χ1v) is 31.4. The monoisotopic (exact) mass is 708 g/mol. The third-order valence-electron chi connectivity index (χ3n) is 3.90. The van der Waals surface area contributed by atoms with Crippen molar-refractivity contribution in [1.29, 1.82) is 0 Å². The summed E-state index contributed by atoms with van der Waals surface area (Å²) in [5.41, 5.74) is 0. The van der Waals surface area contributed by atoms with E-state index in [0.29, 0.717) is 0 Å². The molecule has 0 amide bonds. The molecule has 14 nitrogen and oxygen atoms in total. The Morgan fingerprint density at radius 1 is 0.366 bits per heavy atom. The third kappa shape index (κ3) is 17.8. The van der Waals surface area contributed by atoms with Crippen molar-refractivity contribution in [3.05, 3.63) is 0 Å². The van der Waals surface area contributed by atoms with Crippen LogP contribution in [0.15, 0.2) is 0 Å². The molecule has 0 spiro atoms. The molecule has 0 heterocycles. The summed E-state index contributed by atoms with van der Waals surface area (Å²) in [7, 11) is -22.7. The molecule has 240 valence electrons. The summed E-state index contributed by atoms with van der Waals surface area (Å²) >= 11 is 0. The zero-order chi connectivity index (χ0) is 32.9. The van der Waals surface area contributed by atoms with Gasteiger partial charge in [0.15, 0.2) is 8.32 Å². The topological polar surface area (TPSA) is 161 Å². The molecule has 0 saturated heterocycles. The van der Waals surface area contributed by atoms with E-state index >= 15 is 0 Å². The SMILES string of the molecule is CC(=O)O[Si](C)(O[Si](C)(C)O[Si](C)(C)O[Si](C)(C)C)O[Si](C)(C)O[Si](C)(C)O[Si](OC(C)=O)(OC(C)=O)OC(C)=O. The first-order valence-electron chi connectivity index (χ1n) is 12.9. The molecule has 0 aromatic heterocycles. The van der Waals surface area contributed by atoms with Crippen molar-refractivity contribution in [3.63, 3.8) is 0 Å². The van der Waals surface area contributed by atoms with Crippen LogP contribution in [-0.2, 0) is 61.6 Å². The Hall–Kier alpha value is -0.842. The predicted molar refractivity (Wildman–Crippen MR) is 164 cm³/mol. The van der Waals surface area contributed by atoms with Crippen LogP contribution in [0, 0.1) is 0 Å². The fraction of sp³-hybridized carbons (Fsp3) is 0.800. The molecule has 1 atom stereocenters. The largest absolute Gasteiger partial charge is 0.890 e. The van der Waals surface area contributed by atoms with Crippen molar-refractivity contribution in [2.24, 2.45) is 0 Å². The number of hydrogen-bond acceptors (Lipinski definition) is 14. The second-order valence-electron chi connectivity index (χ2n) is 12.1. The average molecular weight is 709 g/mol. The summed E-state index contributed by atoms with van der Waals surface area (Å²) in [5, 5.41) is 0. The normalized spacial score (nSPS) is 15.0. The van der Waals surface area contributed by atoms with Gasteiger partial charge >= 0.3 is 52.1 Å². The van der Waals surface area contributed by atoms with Gasteiger partial charge in [-0.15, -0.1) is 0 Å². The van der Waals surface area contributed by atoms with Crippen LogP contribution in [0.25, 0.3) is 0 Å². The molecule has 0 rings (SSSR count). The Morgan fingerprint density at radius 3 is 0.902 bits per heavy atom. The molecular formula is C20H48O14Si7. The van der Waals surface area contributed by atoms with Gasteiger partial charge in [-0.1, -0.05) is 0 Å². The quantitative estimate of drug-likeness (QED) is 0.212. The van der Waals surface area contributed by atoms with Crippen molar-refractivity contribution >= 4 is 84.3 Å². The highest BCUT2D eigenvalue weighted by Gasteiger charge is 2.62. The second kappa shape index (κ2) is 14.3. The van der Waals surface area contributed by atoms with Gasteiger partial charge in [-0.05, 0) is 72.0 Å². The summed E-state index contributed by atoms with van der Waals surface area (Å²) in [6.07, 6.45) is 0. The van der Waals surface area contributed by atoms with E-state index in [2.05, 4.69) is 19.6 Å². The molecule has 0 aliphatic carbocycles. The van der Waals surface area contributed by atoms with Crippen molar-refractivity contribution < 1.29 is 61.6 Å². The van der Waals surface area contributed by atoms with E-state index in [0.717, 1.165) is 20.8 Å². The lowest BCUT2D eigenvalue weighted by Crippen LogP contribution is -2.64. The molecule has 0 aromatic carbocycles. The smallest absolute Gasteiger partial charge is 0.475 e. The lowest BCUT2D eigenvalue weighted by atomic mass is 10.9. The Kier molecular flexibility index (Phi) is 14.0. The number of hydrogen-bond donors (Lipinski definition) is 0. The number of carbonyl (C=O) groups excluding carboxylic acids is 4. The molecular weight excluding hydrogens is 661 g/mol. The van der Waals surface area contributed by atoms with Gasteiger partial charge in [0.2, 0.25) is 0 Å². The van der Waals surface area contributed by atoms with Gasteiger partial charge in [0, 0.05) is 34.2 Å². The van der Waals surface area contributed by atoms with Crippen LogP contribution in [0.5, 0.6) is 0 Å². The van der Waals surface area contributed by atoms with E-state index in [1.54, 1.807) is 32.7 Å².